The second kappa shape index (κ2) is 18.7. The first-order valence-electron chi connectivity index (χ1n) is 20.8. The fourth-order valence-electron chi connectivity index (χ4n) is 6.78. The van der Waals surface area contributed by atoms with E-state index in [1.807, 2.05) is 16.8 Å². The number of ether oxygens (including phenoxy) is 4. The van der Waals surface area contributed by atoms with Gasteiger partial charge in [-0.15, -0.1) is 5.10 Å². The van der Waals surface area contributed by atoms with Gasteiger partial charge in [0.05, 0.1) is 30.0 Å². The number of carbonyl (C=O) groups is 1. The van der Waals surface area contributed by atoms with E-state index in [4.69, 9.17) is 29.0 Å². The molecule has 4 heterocycles. The van der Waals surface area contributed by atoms with Gasteiger partial charge in [-0.2, -0.15) is 10.2 Å². The predicted molar refractivity (Wildman–Crippen MR) is 239 cm³/mol. The lowest BCUT2D eigenvalue weighted by Gasteiger charge is -2.18. The van der Waals surface area contributed by atoms with Gasteiger partial charge in [-0.3, -0.25) is 4.79 Å². The molecule has 3 aromatic heterocycles. The fourth-order valence-corrected chi connectivity index (χ4v) is 9.05. The standard InChI is InChI=1S/C43H62FN7O5Si3/c1-11-31-24-40(56-30-55-19-22-59(8,9)10)35(44)25-34(31)32-14-15-33-38(23-32)51(29-54-18-21-58(5,6)7)48-41(33)42-46-37-26-49(43(52)36-13-12-16-45-47-36)27-39(37)50(42)28-53-17-20-57(2,3)4/h12-16,23-25H,11,17-22,26-30H2,1-10H3. The largest absolute Gasteiger partial charge is 0.464 e. The molecule has 1 aliphatic heterocycles. The van der Waals surface area contributed by atoms with Crippen LogP contribution >= 0.6 is 0 Å². The summed E-state index contributed by atoms with van der Waals surface area (Å²) >= 11 is 0. The van der Waals surface area contributed by atoms with Crippen molar-refractivity contribution in [2.24, 2.45) is 0 Å². The summed E-state index contributed by atoms with van der Waals surface area (Å²) in [6.45, 7) is 26.0. The second-order valence-electron chi connectivity index (χ2n) is 19.1. The molecule has 5 aromatic rings. The third-order valence-corrected chi connectivity index (χ3v) is 15.6. The van der Waals surface area contributed by atoms with Crippen molar-refractivity contribution in [3.8, 4) is 28.4 Å². The van der Waals surface area contributed by atoms with Crippen LogP contribution < -0.4 is 4.74 Å². The number of hydrogen-bond acceptors (Lipinski definition) is 9. The molecule has 16 heteroatoms. The first-order chi connectivity index (χ1) is 27.9. The molecular weight excluding hydrogens is 798 g/mol. The third-order valence-electron chi connectivity index (χ3n) is 10.4. The average molecular weight is 860 g/mol. The van der Waals surface area contributed by atoms with Crippen LogP contribution in [0.1, 0.15) is 34.4 Å². The first-order valence-corrected chi connectivity index (χ1v) is 31.9. The Bertz CT molecular complexity index is 2230. The number of amides is 1. The van der Waals surface area contributed by atoms with E-state index < -0.39 is 30.0 Å². The zero-order valence-electron chi connectivity index (χ0n) is 36.7. The molecule has 0 unspecified atom stereocenters. The van der Waals surface area contributed by atoms with Crippen molar-refractivity contribution in [1.29, 1.82) is 0 Å². The number of aromatic nitrogens is 6. The molecular formula is C43H62FN7O5Si3. The van der Waals surface area contributed by atoms with Gasteiger partial charge in [0, 0.05) is 55.6 Å². The van der Waals surface area contributed by atoms with Gasteiger partial charge in [0.2, 0.25) is 0 Å². The molecule has 2 aromatic carbocycles. The molecule has 1 amide bonds. The number of hydrogen-bond donors (Lipinski definition) is 0. The Labute approximate surface area is 351 Å². The summed E-state index contributed by atoms with van der Waals surface area (Å²) < 4.78 is 43.8. The maximum atomic E-state index is 15.7. The number of halogens is 1. The molecule has 59 heavy (non-hydrogen) atoms. The lowest BCUT2D eigenvalue weighted by atomic mass is 9.96. The summed E-state index contributed by atoms with van der Waals surface area (Å²) in [5.74, 6) is 0.219. The van der Waals surface area contributed by atoms with Gasteiger partial charge in [-0.05, 0) is 77.6 Å². The van der Waals surface area contributed by atoms with E-state index in [1.165, 1.54) is 0 Å². The van der Waals surface area contributed by atoms with Gasteiger partial charge in [-0.1, -0.05) is 71.9 Å². The van der Waals surface area contributed by atoms with Crippen molar-refractivity contribution in [2.75, 3.05) is 26.6 Å². The number of benzene rings is 2. The van der Waals surface area contributed by atoms with Crippen LogP contribution in [0.4, 0.5) is 4.39 Å². The maximum absolute atomic E-state index is 15.7. The summed E-state index contributed by atoms with van der Waals surface area (Å²) in [6, 6.07) is 15.9. The number of carbonyl (C=O) groups excluding carboxylic acids is 1. The van der Waals surface area contributed by atoms with Crippen molar-refractivity contribution in [3.05, 3.63) is 77.1 Å². The summed E-state index contributed by atoms with van der Waals surface area (Å²) in [4.78, 5) is 20.3. The van der Waals surface area contributed by atoms with Gasteiger partial charge >= 0.3 is 0 Å². The third kappa shape index (κ3) is 11.6. The van der Waals surface area contributed by atoms with Crippen molar-refractivity contribution in [3.63, 3.8) is 0 Å². The van der Waals surface area contributed by atoms with Crippen LogP contribution in [0.25, 0.3) is 33.5 Å². The molecule has 0 saturated heterocycles. The Morgan fingerprint density at radius 3 is 2.15 bits per heavy atom. The zero-order valence-corrected chi connectivity index (χ0v) is 39.7. The molecule has 318 valence electrons. The van der Waals surface area contributed by atoms with Crippen LogP contribution in [0.5, 0.6) is 5.75 Å². The summed E-state index contributed by atoms with van der Waals surface area (Å²) in [6.07, 6.45) is 2.24. The topological polar surface area (TPSA) is 119 Å². The molecule has 0 N–H and O–H groups in total. The number of imidazole rings is 1. The van der Waals surface area contributed by atoms with E-state index >= 15 is 4.39 Å². The first kappa shape index (κ1) is 44.5. The van der Waals surface area contributed by atoms with Crippen LogP contribution in [0, 0.1) is 5.82 Å². The lowest BCUT2D eigenvalue weighted by Crippen LogP contribution is -2.27. The van der Waals surface area contributed by atoms with Gasteiger partial charge in [0.25, 0.3) is 5.91 Å². The molecule has 0 radical (unpaired) electrons. The van der Waals surface area contributed by atoms with E-state index in [9.17, 15) is 4.79 Å². The zero-order chi connectivity index (χ0) is 42.5. The monoisotopic (exact) mass is 859 g/mol. The molecule has 1 aliphatic rings. The Morgan fingerprint density at radius 2 is 1.51 bits per heavy atom. The van der Waals surface area contributed by atoms with Crippen LogP contribution in [0.15, 0.2) is 48.7 Å². The highest BCUT2D eigenvalue weighted by atomic mass is 28.3. The Kier molecular flexibility index (Phi) is 14.1. The number of aryl methyl sites for hydroxylation is 1. The highest BCUT2D eigenvalue weighted by Crippen LogP contribution is 2.37. The van der Waals surface area contributed by atoms with Gasteiger partial charge < -0.3 is 28.4 Å². The van der Waals surface area contributed by atoms with Crippen molar-refractivity contribution >= 4 is 41.0 Å². The molecule has 0 fully saturated rings. The summed E-state index contributed by atoms with van der Waals surface area (Å²) in [5, 5.41) is 14.0. The minimum absolute atomic E-state index is 0.00806. The van der Waals surface area contributed by atoms with E-state index in [2.05, 4.69) is 86.7 Å². The molecule has 12 nitrogen and oxygen atoms in total. The molecule has 0 atom stereocenters. The second-order valence-corrected chi connectivity index (χ2v) is 35.9. The SMILES string of the molecule is CCc1cc(OCOCC[Si](C)(C)C)c(F)cc1-c1ccc2c(-c3nc4c(n3COCC[Si](C)(C)C)CN(C(=O)c3cccnn3)C4)nn(COCC[Si](C)(C)C)c2c1. The predicted octanol–water partition coefficient (Wildman–Crippen LogP) is 9.53. The summed E-state index contributed by atoms with van der Waals surface area (Å²) in [5.41, 5.74) is 6.14. The lowest BCUT2D eigenvalue weighted by molar-refractivity contribution is 0.0197. The van der Waals surface area contributed by atoms with Gasteiger partial charge in [0.1, 0.15) is 19.2 Å². The van der Waals surface area contributed by atoms with E-state index in [-0.39, 0.29) is 31.9 Å². The van der Waals surface area contributed by atoms with Gasteiger partial charge in [-0.25, -0.2) is 14.1 Å². The normalized spacial score (nSPS) is 13.4. The minimum Gasteiger partial charge on any atom is -0.464 e. The highest BCUT2D eigenvalue weighted by Gasteiger charge is 2.33. The van der Waals surface area contributed by atoms with E-state index in [0.717, 1.165) is 57.1 Å². The van der Waals surface area contributed by atoms with Crippen LogP contribution in [-0.2, 0) is 47.2 Å². The number of rotatable bonds is 20. The molecule has 0 saturated carbocycles. The number of fused-ring (bicyclic) bond motifs is 2. The molecule has 0 bridgehead atoms. The summed E-state index contributed by atoms with van der Waals surface area (Å²) in [7, 11) is -3.91. The van der Waals surface area contributed by atoms with Crippen molar-refractivity contribution in [1.82, 2.24) is 34.4 Å². The van der Waals surface area contributed by atoms with E-state index in [1.54, 1.807) is 35.4 Å². The molecule has 6 rings (SSSR count). The highest BCUT2D eigenvalue weighted by molar-refractivity contribution is 6.76. The van der Waals surface area contributed by atoms with Crippen molar-refractivity contribution in [2.45, 2.75) is 117 Å². The smallest absolute Gasteiger partial charge is 0.275 e. The van der Waals surface area contributed by atoms with Crippen LogP contribution in [-0.4, -0.2) is 91.2 Å². The quantitative estimate of drug-likeness (QED) is 0.0429. The van der Waals surface area contributed by atoms with Crippen LogP contribution in [0.3, 0.4) is 0 Å². The van der Waals surface area contributed by atoms with Crippen LogP contribution in [0.2, 0.25) is 77.1 Å². The number of nitrogens with zero attached hydrogens (tertiary/aromatic N) is 7. The van der Waals surface area contributed by atoms with Crippen molar-refractivity contribution < 1.29 is 28.1 Å². The van der Waals surface area contributed by atoms with Gasteiger partial charge in [0.15, 0.2) is 29.9 Å². The average Bonchev–Trinajstić information content (AvgIpc) is 3.85. The molecule has 0 aliphatic carbocycles. The Hall–Kier alpha value is -4.07. The molecule has 0 spiro atoms. The fraction of sp³-hybridized carbons (Fsp3) is 0.512. The minimum atomic E-state index is -1.34. The maximum Gasteiger partial charge on any atom is 0.275 e. The Morgan fingerprint density at radius 1 is 0.831 bits per heavy atom. The van der Waals surface area contributed by atoms with E-state index in [0.29, 0.717) is 56.5 Å². The Balaban J connectivity index is 1.35.